The van der Waals surface area contributed by atoms with E-state index >= 15 is 0 Å². The number of hydrogen-bond donors (Lipinski definition) is 0. The molecule has 2 heterocycles. The Balaban J connectivity index is 1.72. The smallest absolute Gasteiger partial charge is 0.261 e. The van der Waals surface area contributed by atoms with E-state index in [1.165, 1.54) is 24.3 Å². The number of nitrogens with zero attached hydrogens (tertiary/aromatic N) is 2. The molecule has 0 bridgehead atoms. The minimum atomic E-state index is -3.62. The molecule has 0 saturated heterocycles. The number of aromatic nitrogens is 1. The Morgan fingerprint density at radius 3 is 2.06 bits per heavy atom. The number of rotatable bonds is 4. The zero-order valence-electron chi connectivity index (χ0n) is 17.4. The number of fused-ring (bicyclic) bond motifs is 2. The first-order valence-electron chi connectivity index (χ1n) is 10.1. The summed E-state index contributed by atoms with van der Waals surface area (Å²) >= 11 is 0. The highest BCUT2D eigenvalue weighted by Gasteiger charge is 2.36. The van der Waals surface area contributed by atoms with Crippen molar-refractivity contribution in [1.29, 1.82) is 0 Å². The number of sulfone groups is 1. The van der Waals surface area contributed by atoms with E-state index < -0.39 is 27.5 Å². The molecular formula is C25H17FN2O4S. The maximum absolute atomic E-state index is 14.6. The number of hydrogen-bond acceptors (Lipinski definition) is 5. The molecule has 0 N–H and O–H groups in total. The minimum Gasteiger partial charge on any atom is -0.269 e. The van der Waals surface area contributed by atoms with Gasteiger partial charge in [0.1, 0.15) is 5.82 Å². The Labute approximate surface area is 189 Å². The summed E-state index contributed by atoms with van der Waals surface area (Å²) in [5, 5.41) is 0.210. The predicted octanol–water partition coefficient (Wildman–Crippen LogP) is 4.24. The van der Waals surface area contributed by atoms with Gasteiger partial charge in [-0.15, -0.1) is 0 Å². The maximum Gasteiger partial charge on any atom is 0.261 e. The molecule has 0 saturated carbocycles. The topological polar surface area (TPSA) is 84.4 Å². The molecule has 33 heavy (non-hydrogen) atoms. The van der Waals surface area contributed by atoms with E-state index in [1.807, 2.05) is 0 Å². The Kier molecular flexibility index (Phi) is 4.83. The summed E-state index contributed by atoms with van der Waals surface area (Å²) in [6.45, 7) is -0.188. The van der Waals surface area contributed by atoms with E-state index in [1.54, 1.807) is 48.5 Å². The van der Waals surface area contributed by atoms with Crippen LogP contribution in [0.1, 0.15) is 26.4 Å². The molecule has 4 aromatic rings. The van der Waals surface area contributed by atoms with Gasteiger partial charge in [0.15, 0.2) is 9.84 Å². The maximum atomic E-state index is 14.6. The Hall–Kier alpha value is -3.91. The molecule has 0 aliphatic carbocycles. The molecule has 5 rings (SSSR count). The number of amides is 2. The van der Waals surface area contributed by atoms with Crippen molar-refractivity contribution in [2.75, 3.05) is 6.26 Å². The SMILES string of the molecule is CS(=O)(=O)c1ccccc1-c1cc2c(F)cccc2nc1CN1C(=O)c2ccccc2C1=O. The lowest BCUT2D eigenvalue weighted by Gasteiger charge is -2.18. The second kappa shape index (κ2) is 7.60. The fourth-order valence-corrected chi connectivity index (χ4v) is 5.00. The molecular weight excluding hydrogens is 443 g/mol. The van der Waals surface area contributed by atoms with Gasteiger partial charge in [0, 0.05) is 22.8 Å². The highest BCUT2D eigenvalue weighted by atomic mass is 32.2. The highest BCUT2D eigenvalue weighted by molar-refractivity contribution is 7.90. The van der Waals surface area contributed by atoms with Crippen molar-refractivity contribution in [2.24, 2.45) is 0 Å². The first-order chi connectivity index (χ1) is 15.8. The van der Waals surface area contributed by atoms with Crippen molar-refractivity contribution in [2.45, 2.75) is 11.4 Å². The summed E-state index contributed by atoms with van der Waals surface area (Å²) in [5.41, 5.74) is 1.88. The van der Waals surface area contributed by atoms with Crippen molar-refractivity contribution >= 4 is 32.6 Å². The summed E-state index contributed by atoms with van der Waals surface area (Å²) in [5.74, 6) is -1.43. The fourth-order valence-electron chi connectivity index (χ4n) is 4.10. The van der Waals surface area contributed by atoms with Gasteiger partial charge in [-0.3, -0.25) is 19.5 Å². The van der Waals surface area contributed by atoms with Crippen LogP contribution in [0.3, 0.4) is 0 Å². The number of carbonyl (C=O) groups is 2. The van der Waals surface area contributed by atoms with E-state index in [0.717, 1.165) is 11.2 Å². The second-order valence-corrected chi connectivity index (χ2v) is 9.78. The summed E-state index contributed by atoms with van der Waals surface area (Å²) < 4.78 is 39.5. The third-order valence-corrected chi connectivity index (χ3v) is 6.80. The van der Waals surface area contributed by atoms with Crippen LogP contribution in [0.2, 0.25) is 0 Å². The third-order valence-electron chi connectivity index (χ3n) is 5.65. The Morgan fingerprint density at radius 2 is 1.42 bits per heavy atom. The van der Waals surface area contributed by atoms with Crippen molar-refractivity contribution < 1.29 is 22.4 Å². The van der Waals surface area contributed by atoms with E-state index in [9.17, 15) is 22.4 Å². The molecule has 8 heteroatoms. The molecule has 0 atom stereocenters. The first-order valence-corrected chi connectivity index (χ1v) is 12.0. The number of benzene rings is 3. The molecule has 0 radical (unpaired) electrons. The van der Waals surface area contributed by atoms with Crippen LogP contribution < -0.4 is 0 Å². The van der Waals surface area contributed by atoms with Crippen molar-refractivity contribution in [1.82, 2.24) is 9.88 Å². The van der Waals surface area contributed by atoms with Crippen molar-refractivity contribution in [3.05, 3.63) is 95.4 Å². The van der Waals surface area contributed by atoms with Crippen LogP contribution in [0.5, 0.6) is 0 Å². The zero-order chi connectivity index (χ0) is 23.3. The number of pyridine rings is 1. The zero-order valence-corrected chi connectivity index (χ0v) is 18.3. The number of imide groups is 1. The first kappa shape index (κ1) is 21.0. The minimum absolute atomic E-state index is 0.0473. The third kappa shape index (κ3) is 3.48. The monoisotopic (exact) mass is 460 g/mol. The molecule has 0 unspecified atom stereocenters. The molecule has 0 fully saturated rings. The molecule has 3 aromatic carbocycles. The van der Waals surface area contributed by atoms with Crippen LogP contribution in [0, 0.1) is 5.82 Å². The predicted molar refractivity (Wildman–Crippen MR) is 121 cm³/mol. The normalized spacial score (nSPS) is 13.6. The van der Waals surface area contributed by atoms with Gasteiger partial charge in [-0.25, -0.2) is 12.8 Å². The van der Waals surface area contributed by atoms with E-state index in [2.05, 4.69) is 4.98 Å². The molecule has 164 valence electrons. The van der Waals surface area contributed by atoms with Crippen molar-refractivity contribution in [3.63, 3.8) is 0 Å². The van der Waals surface area contributed by atoms with Gasteiger partial charge < -0.3 is 0 Å². The molecule has 1 aromatic heterocycles. The lowest BCUT2D eigenvalue weighted by atomic mass is 10.0. The number of carbonyl (C=O) groups excluding carboxylic acids is 2. The van der Waals surface area contributed by atoms with Crippen LogP contribution >= 0.6 is 0 Å². The summed E-state index contributed by atoms with van der Waals surface area (Å²) in [4.78, 5) is 31.5. The van der Waals surface area contributed by atoms with Crippen LogP contribution in [0.25, 0.3) is 22.0 Å². The molecule has 2 amide bonds. The molecule has 1 aliphatic rings. The van der Waals surface area contributed by atoms with Crippen LogP contribution in [0.15, 0.2) is 77.7 Å². The summed E-state index contributed by atoms with van der Waals surface area (Å²) in [7, 11) is -3.62. The average Bonchev–Trinajstić information content (AvgIpc) is 3.03. The highest BCUT2D eigenvalue weighted by Crippen LogP contribution is 2.34. The van der Waals surface area contributed by atoms with Gasteiger partial charge in [0.25, 0.3) is 11.8 Å². The lowest BCUT2D eigenvalue weighted by molar-refractivity contribution is 0.0640. The standard InChI is InChI=1S/C25H17FN2O4S/c1-33(31,32)23-12-5-4-7-15(23)18-13-19-20(26)10-6-11-21(19)27-22(18)14-28-24(29)16-8-2-3-9-17(16)25(28)30/h2-13H,14H2,1H3. The quantitative estimate of drug-likeness (QED) is 0.426. The van der Waals surface area contributed by atoms with Crippen molar-refractivity contribution in [3.8, 4) is 11.1 Å². The van der Waals surface area contributed by atoms with E-state index in [4.69, 9.17) is 0 Å². The molecule has 6 nitrogen and oxygen atoms in total. The number of halogens is 1. The van der Waals surface area contributed by atoms with Gasteiger partial charge in [-0.1, -0.05) is 36.4 Å². The van der Waals surface area contributed by atoms with Gasteiger partial charge in [0.2, 0.25) is 0 Å². The van der Waals surface area contributed by atoms with Gasteiger partial charge in [-0.05, 0) is 36.4 Å². The largest absolute Gasteiger partial charge is 0.269 e. The van der Waals surface area contributed by atoms with Gasteiger partial charge in [-0.2, -0.15) is 0 Å². The average molecular weight is 460 g/mol. The van der Waals surface area contributed by atoms with Crippen LogP contribution in [-0.2, 0) is 16.4 Å². The van der Waals surface area contributed by atoms with Gasteiger partial charge >= 0.3 is 0 Å². The fraction of sp³-hybridized carbons (Fsp3) is 0.0800. The van der Waals surface area contributed by atoms with Crippen LogP contribution in [-0.4, -0.2) is 36.4 Å². The van der Waals surface area contributed by atoms with E-state index in [0.29, 0.717) is 33.5 Å². The van der Waals surface area contributed by atoms with E-state index in [-0.39, 0.29) is 16.8 Å². The Morgan fingerprint density at radius 1 is 0.818 bits per heavy atom. The molecule has 0 spiro atoms. The summed E-state index contributed by atoms with van der Waals surface area (Å²) in [6, 6.07) is 18.8. The second-order valence-electron chi connectivity index (χ2n) is 7.80. The Bertz CT molecular complexity index is 1550. The lowest BCUT2D eigenvalue weighted by Crippen LogP contribution is -2.29. The van der Waals surface area contributed by atoms with Crippen LogP contribution in [0.4, 0.5) is 4.39 Å². The summed E-state index contributed by atoms with van der Waals surface area (Å²) in [6.07, 6.45) is 1.09. The molecule has 1 aliphatic heterocycles. The van der Waals surface area contributed by atoms with Gasteiger partial charge in [0.05, 0.1) is 33.8 Å².